The van der Waals surface area contributed by atoms with Crippen LogP contribution >= 0.6 is 23.1 Å². The molecular formula is C10H14N6S2. The van der Waals surface area contributed by atoms with E-state index in [1.165, 1.54) is 0 Å². The number of anilines is 2. The monoisotopic (exact) mass is 282 g/mol. The first-order valence-corrected chi connectivity index (χ1v) is 7.04. The molecule has 0 aliphatic heterocycles. The number of nitrogens with zero attached hydrogens (tertiary/aromatic N) is 4. The van der Waals surface area contributed by atoms with Gasteiger partial charge in [0.1, 0.15) is 5.82 Å². The zero-order valence-electron chi connectivity index (χ0n) is 10.1. The normalized spacial score (nSPS) is 10.4. The maximum atomic E-state index is 5.26. The first kappa shape index (κ1) is 13.1. The Morgan fingerprint density at radius 2 is 2.22 bits per heavy atom. The lowest BCUT2D eigenvalue weighted by atomic mass is 10.3. The molecule has 96 valence electrons. The van der Waals surface area contributed by atoms with Crippen LogP contribution in [0, 0.1) is 0 Å². The summed E-state index contributed by atoms with van der Waals surface area (Å²) >= 11 is 3.23. The van der Waals surface area contributed by atoms with Gasteiger partial charge in [-0.3, -0.25) is 0 Å². The second-order valence-electron chi connectivity index (χ2n) is 3.73. The molecule has 0 aliphatic rings. The van der Waals surface area contributed by atoms with Crippen LogP contribution in [0.5, 0.6) is 0 Å². The first-order valence-electron chi connectivity index (χ1n) is 5.24. The summed E-state index contributed by atoms with van der Waals surface area (Å²) in [6.45, 7) is 0. The quantitative estimate of drug-likeness (QED) is 0.489. The summed E-state index contributed by atoms with van der Waals surface area (Å²) in [5.41, 5.74) is 3.63. The predicted octanol–water partition coefficient (Wildman–Crippen LogP) is 1.58. The zero-order valence-corrected chi connectivity index (χ0v) is 11.8. The van der Waals surface area contributed by atoms with Crippen LogP contribution in [0.15, 0.2) is 22.7 Å². The molecule has 0 radical (unpaired) electrons. The van der Waals surface area contributed by atoms with Gasteiger partial charge in [-0.2, -0.15) is 0 Å². The number of hydrogen-bond donors (Lipinski definition) is 2. The van der Waals surface area contributed by atoms with Crippen LogP contribution in [0.1, 0.15) is 5.56 Å². The Kier molecular flexibility index (Phi) is 4.34. The minimum Gasteiger partial charge on any atom is -0.353 e. The van der Waals surface area contributed by atoms with Crippen molar-refractivity contribution in [2.75, 3.05) is 24.4 Å². The van der Waals surface area contributed by atoms with Gasteiger partial charge < -0.3 is 10.3 Å². The third-order valence-electron chi connectivity index (χ3n) is 2.11. The third-order valence-corrected chi connectivity index (χ3v) is 4.41. The van der Waals surface area contributed by atoms with Crippen molar-refractivity contribution < 1.29 is 0 Å². The second-order valence-corrected chi connectivity index (χ2v) is 5.91. The summed E-state index contributed by atoms with van der Waals surface area (Å²) in [5, 5.41) is 9.13. The minimum absolute atomic E-state index is 0.662. The molecule has 2 heterocycles. The Hall–Kier alpha value is -1.38. The zero-order chi connectivity index (χ0) is 13.0. The fourth-order valence-electron chi connectivity index (χ4n) is 1.18. The number of rotatable bonds is 5. The standard InChI is InChI=1S/C10H14N6S2/c1-16(2)9-14-15-10(18-9)17-6-7-3-4-8(13-11)12-5-7/h3-5H,6,11H2,1-2H3,(H,12,13). The lowest BCUT2D eigenvalue weighted by molar-refractivity contribution is 0.972. The number of hydrazine groups is 1. The number of pyridine rings is 1. The van der Waals surface area contributed by atoms with Gasteiger partial charge in [0, 0.05) is 26.0 Å². The second kappa shape index (κ2) is 5.98. The van der Waals surface area contributed by atoms with Gasteiger partial charge in [0.25, 0.3) is 0 Å². The average molecular weight is 282 g/mol. The van der Waals surface area contributed by atoms with Crippen LogP contribution in [0.4, 0.5) is 10.9 Å². The summed E-state index contributed by atoms with van der Waals surface area (Å²) < 4.78 is 0.958. The van der Waals surface area contributed by atoms with Crippen molar-refractivity contribution in [3.63, 3.8) is 0 Å². The molecule has 0 spiro atoms. The molecule has 2 rings (SSSR count). The molecule has 2 aromatic rings. The van der Waals surface area contributed by atoms with Gasteiger partial charge in [-0.25, -0.2) is 10.8 Å². The molecule has 0 amide bonds. The van der Waals surface area contributed by atoms with Crippen molar-refractivity contribution in [3.8, 4) is 0 Å². The molecule has 0 aliphatic carbocycles. The fourth-order valence-corrected chi connectivity index (χ4v) is 2.88. The Labute approximate surface area is 114 Å². The lowest BCUT2D eigenvalue weighted by Crippen LogP contribution is -2.08. The van der Waals surface area contributed by atoms with E-state index >= 15 is 0 Å². The molecule has 0 unspecified atom stereocenters. The van der Waals surface area contributed by atoms with Crippen LogP contribution in [0.3, 0.4) is 0 Å². The Morgan fingerprint density at radius 1 is 1.39 bits per heavy atom. The van der Waals surface area contributed by atoms with E-state index in [9.17, 15) is 0 Å². The third kappa shape index (κ3) is 3.31. The highest BCUT2D eigenvalue weighted by atomic mass is 32.2. The molecule has 2 aromatic heterocycles. The van der Waals surface area contributed by atoms with E-state index in [0.717, 1.165) is 20.8 Å². The molecule has 0 bridgehead atoms. The maximum absolute atomic E-state index is 5.26. The molecule has 3 N–H and O–H groups in total. The first-order chi connectivity index (χ1) is 8.69. The van der Waals surface area contributed by atoms with Crippen molar-refractivity contribution in [1.29, 1.82) is 0 Å². The van der Waals surface area contributed by atoms with Gasteiger partial charge in [0.2, 0.25) is 5.13 Å². The number of thioether (sulfide) groups is 1. The fraction of sp³-hybridized carbons (Fsp3) is 0.300. The molecule has 0 aromatic carbocycles. The number of nitrogens with one attached hydrogen (secondary N) is 1. The van der Waals surface area contributed by atoms with Crippen LogP contribution in [0.25, 0.3) is 0 Å². The summed E-state index contributed by atoms with van der Waals surface area (Å²) in [7, 11) is 3.91. The number of nitrogen functional groups attached to an aromatic ring is 1. The molecule has 0 saturated carbocycles. The van der Waals surface area contributed by atoms with Gasteiger partial charge in [0.15, 0.2) is 4.34 Å². The van der Waals surface area contributed by atoms with Crippen molar-refractivity contribution in [2.24, 2.45) is 5.84 Å². The predicted molar refractivity (Wildman–Crippen MR) is 75.8 cm³/mol. The molecule has 0 fully saturated rings. The molecule has 0 saturated heterocycles. The van der Waals surface area contributed by atoms with Crippen LogP contribution < -0.4 is 16.2 Å². The topological polar surface area (TPSA) is 80.0 Å². The molecule has 0 atom stereocenters. The summed E-state index contributed by atoms with van der Waals surface area (Å²) in [4.78, 5) is 6.10. The number of aromatic nitrogens is 3. The van der Waals surface area contributed by atoms with Crippen LogP contribution in [-0.2, 0) is 5.75 Å². The summed E-state index contributed by atoms with van der Waals surface area (Å²) in [6, 6.07) is 3.84. The highest BCUT2D eigenvalue weighted by Gasteiger charge is 2.06. The highest BCUT2D eigenvalue weighted by Crippen LogP contribution is 2.29. The van der Waals surface area contributed by atoms with Crippen molar-refractivity contribution in [1.82, 2.24) is 15.2 Å². The van der Waals surface area contributed by atoms with E-state index in [0.29, 0.717) is 5.82 Å². The molecular weight excluding hydrogens is 268 g/mol. The van der Waals surface area contributed by atoms with Gasteiger partial charge in [-0.05, 0) is 11.6 Å². The van der Waals surface area contributed by atoms with E-state index in [1.54, 1.807) is 29.3 Å². The van der Waals surface area contributed by atoms with Crippen LogP contribution in [-0.4, -0.2) is 29.3 Å². The van der Waals surface area contributed by atoms with Gasteiger partial charge >= 0.3 is 0 Å². The SMILES string of the molecule is CN(C)c1nnc(SCc2ccc(NN)nc2)s1. The minimum atomic E-state index is 0.662. The van der Waals surface area contributed by atoms with E-state index in [-0.39, 0.29) is 0 Å². The largest absolute Gasteiger partial charge is 0.353 e. The highest BCUT2D eigenvalue weighted by molar-refractivity contribution is 8.00. The Balaban J connectivity index is 1.93. The van der Waals surface area contributed by atoms with Crippen molar-refractivity contribution in [2.45, 2.75) is 10.1 Å². The van der Waals surface area contributed by atoms with Gasteiger partial charge in [-0.1, -0.05) is 29.2 Å². The van der Waals surface area contributed by atoms with Gasteiger partial charge in [0.05, 0.1) is 0 Å². The van der Waals surface area contributed by atoms with Crippen molar-refractivity contribution in [3.05, 3.63) is 23.9 Å². The lowest BCUT2D eigenvalue weighted by Gasteiger charge is -2.03. The maximum Gasteiger partial charge on any atom is 0.208 e. The molecule has 18 heavy (non-hydrogen) atoms. The van der Waals surface area contributed by atoms with E-state index in [1.807, 2.05) is 31.1 Å². The van der Waals surface area contributed by atoms with Crippen LogP contribution in [0.2, 0.25) is 0 Å². The van der Waals surface area contributed by atoms with Gasteiger partial charge in [-0.15, -0.1) is 10.2 Å². The van der Waals surface area contributed by atoms with Crippen molar-refractivity contribution >= 4 is 34.0 Å². The Morgan fingerprint density at radius 3 is 2.78 bits per heavy atom. The van der Waals surface area contributed by atoms with E-state index in [2.05, 4.69) is 20.6 Å². The molecule has 8 heteroatoms. The summed E-state index contributed by atoms with van der Waals surface area (Å²) in [6.07, 6.45) is 1.80. The van der Waals surface area contributed by atoms with E-state index in [4.69, 9.17) is 5.84 Å². The molecule has 6 nitrogen and oxygen atoms in total. The summed E-state index contributed by atoms with van der Waals surface area (Å²) in [5.74, 6) is 6.74. The Bertz CT molecular complexity index is 495. The van der Waals surface area contributed by atoms with E-state index < -0.39 is 0 Å². The number of nitrogens with two attached hydrogens (primary N) is 1. The smallest absolute Gasteiger partial charge is 0.208 e. The number of hydrogen-bond acceptors (Lipinski definition) is 8. The average Bonchev–Trinajstić information content (AvgIpc) is 2.86.